The highest BCUT2D eigenvalue weighted by molar-refractivity contribution is 4.73. The summed E-state index contributed by atoms with van der Waals surface area (Å²) in [5.41, 5.74) is 0. The summed E-state index contributed by atoms with van der Waals surface area (Å²) in [4.78, 5) is 2.29. The zero-order chi connectivity index (χ0) is 9.84. The van der Waals surface area contributed by atoms with E-state index >= 15 is 0 Å². The Morgan fingerprint density at radius 2 is 1.92 bits per heavy atom. The molecular formula is C10H20FNO. The summed E-state index contributed by atoms with van der Waals surface area (Å²) in [7, 11) is 0. The maximum absolute atomic E-state index is 12.6. The summed E-state index contributed by atoms with van der Waals surface area (Å²) in [5, 5.41) is 0. The molecule has 1 unspecified atom stereocenters. The second kappa shape index (κ2) is 4.91. The van der Waals surface area contributed by atoms with Crippen LogP contribution in [-0.2, 0) is 4.74 Å². The first-order valence-corrected chi connectivity index (χ1v) is 5.10. The highest BCUT2D eigenvalue weighted by Crippen LogP contribution is 2.11. The normalized spacial score (nSPS) is 33.2. The number of alkyl halides is 1. The van der Waals surface area contributed by atoms with Gasteiger partial charge >= 0.3 is 0 Å². The Labute approximate surface area is 80.1 Å². The molecule has 0 aromatic carbocycles. The van der Waals surface area contributed by atoms with Crippen LogP contribution in [0.5, 0.6) is 0 Å². The van der Waals surface area contributed by atoms with E-state index in [0.717, 1.165) is 19.6 Å². The maximum atomic E-state index is 12.6. The number of nitrogens with zero attached hydrogens (tertiary/aromatic N) is 1. The third-order valence-corrected chi connectivity index (χ3v) is 2.34. The minimum atomic E-state index is -0.687. The van der Waals surface area contributed by atoms with Crippen LogP contribution in [0.15, 0.2) is 0 Å². The van der Waals surface area contributed by atoms with Crippen LogP contribution in [-0.4, -0.2) is 42.9 Å². The fourth-order valence-electron chi connectivity index (χ4n) is 1.83. The van der Waals surface area contributed by atoms with Crippen LogP contribution in [0.25, 0.3) is 0 Å². The van der Waals surface area contributed by atoms with Gasteiger partial charge in [0.2, 0.25) is 0 Å². The van der Waals surface area contributed by atoms with Crippen LogP contribution in [0.3, 0.4) is 0 Å². The molecule has 1 aliphatic rings. The quantitative estimate of drug-likeness (QED) is 0.671. The molecule has 1 fully saturated rings. The van der Waals surface area contributed by atoms with E-state index in [2.05, 4.69) is 18.7 Å². The molecule has 1 aliphatic heterocycles. The standard InChI is InChI=1S/C10H20FNO/c1-8(11)4-5-12-6-9(2)13-10(3)7-12/h8-10H,4-7H2,1-3H3/t8?,9-,10+. The lowest BCUT2D eigenvalue weighted by molar-refractivity contribution is -0.0690. The fourth-order valence-corrected chi connectivity index (χ4v) is 1.83. The Balaban J connectivity index is 2.25. The SMILES string of the molecule is CC(F)CCN1C[C@@H](C)O[C@@H](C)C1. The van der Waals surface area contributed by atoms with Crippen molar-refractivity contribution in [2.45, 2.75) is 45.6 Å². The largest absolute Gasteiger partial charge is 0.373 e. The summed E-state index contributed by atoms with van der Waals surface area (Å²) >= 11 is 0. The van der Waals surface area contributed by atoms with Crippen molar-refractivity contribution < 1.29 is 9.13 Å². The van der Waals surface area contributed by atoms with Crippen molar-refractivity contribution in [1.29, 1.82) is 0 Å². The predicted molar refractivity (Wildman–Crippen MR) is 51.6 cm³/mol. The van der Waals surface area contributed by atoms with Gasteiger partial charge in [-0.3, -0.25) is 4.90 Å². The molecular weight excluding hydrogens is 169 g/mol. The molecule has 78 valence electrons. The highest BCUT2D eigenvalue weighted by Gasteiger charge is 2.21. The number of halogens is 1. The van der Waals surface area contributed by atoms with Crippen molar-refractivity contribution in [1.82, 2.24) is 4.90 Å². The fraction of sp³-hybridized carbons (Fsp3) is 1.00. The summed E-state index contributed by atoms with van der Waals surface area (Å²) < 4.78 is 18.2. The van der Waals surface area contributed by atoms with Crippen molar-refractivity contribution in [3.8, 4) is 0 Å². The molecule has 1 saturated heterocycles. The summed E-state index contributed by atoms with van der Waals surface area (Å²) in [6.45, 7) is 8.50. The number of rotatable bonds is 3. The van der Waals surface area contributed by atoms with E-state index in [1.807, 2.05) is 0 Å². The van der Waals surface area contributed by atoms with Gasteiger partial charge in [-0.2, -0.15) is 0 Å². The molecule has 0 aromatic rings. The molecule has 0 bridgehead atoms. The minimum Gasteiger partial charge on any atom is -0.373 e. The Hall–Kier alpha value is -0.150. The Morgan fingerprint density at radius 1 is 1.38 bits per heavy atom. The van der Waals surface area contributed by atoms with Crippen LogP contribution < -0.4 is 0 Å². The van der Waals surface area contributed by atoms with Gasteiger partial charge in [-0.05, 0) is 27.2 Å². The number of ether oxygens (including phenoxy) is 1. The number of hydrogen-bond donors (Lipinski definition) is 0. The summed E-state index contributed by atoms with van der Waals surface area (Å²) in [6.07, 6.45) is 0.533. The van der Waals surface area contributed by atoms with E-state index in [4.69, 9.17) is 4.74 Å². The van der Waals surface area contributed by atoms with Crippen molar-refractivity contribution in [2.24, 2.45) is 0 Å². The minimum absolute atomic E-state index is 0.290. The van der Waals surface area contributed by atoms with Gasteiger partial charge in [0.15, 0.2) is 0 Å². The highest BCUT2D eigenvalue weighted by atomic mass is 19.1. The van der Waals surface area contributed by atoms with E-state index in [1.165, 1.54) is 0 Å². The van der Waals surface area contributed by atoms with Gasteiger partial charge in [0.05, 0.1) is 18.4 Å². The third-order valence-electron chi connectivity index (χ3n) is 2.34. The van der Waals surface area contributed by atoms with E-state index in [9.17, 15) is 4.39 Å². The van der Waals surface area contributed by atoms with Crippen LogP contribution >= 0.6 is 0 Å². The average Bonchev–Trinajstić information content (AvgIpc) is 1.99. The molecule has 3 heteroatoms. The molecule has 0 spiro atoms. The van der Waals surface area contributed by atoms with E-state index in [0.29, 0.717) is 18.6 Å². The first-order valence-electron chi connectivity index (χ1n) is 5.10. The molecule has 0 radical (unpaired) electrons. The lowest BCUT2D eigenvalue weighted by atomic mass is 10.2. The van der Waals surface area contributed by atoms with Crippen LogP contribution in [0.4, 0.5) is 4.39 Å². The van der Waals surface area contributed by atoms with Gasteiger partial charge in [-0.25, -0.2) is 4.39 Å². The first kappa shape index (κ1) is 10.9. The Bertz CT molecular complexity index is 142. The maximum Gasteiger partial charge on any atom is 0.0985 e. The zero-order valence-corrected chi connectivity index (χ0v) is 8.79. The van der Waals surface area contributed by atoms with Gasteiger partial charge in [0.25, 0.3) is 0 Å². The van der Waals surface area contributed by atoms with Crippen molar-refractivity contribution >= 4 is 0 Å². The van der Waals surface area contributed by atoms with Crippen molar-refractivity contribution in [2.75, 3.05) is 19.6 Å². The Kier molecular flexibility index (Phi) is 4.13. The average molecular weight is 189 g/mol. The van der Waals surface area contributed by atoms with Crippen LogP contribution in [0.2, 0.25) is 0 Å². The van der Waals surface area contributed by atoms with Crippen molar-refractivity contribution in [3.05, 3.63) is 0 Å². The molecule has 0 saturated carbocycles. The lowest BCUT2D eigenvalue weighted by Gasteiger charge is -2.35. The molecule has 0 aliphatic carbocycles. The van der Waals surface area contributed by atoms with Gasteiger partial charge in [-0.1, -0.05) is 0 Å². The third kappa shape index (κ3) is 4.05. The molecule has 3 atom stereocenters. The van der Waals surface area contributed by atoms with Gasteiger partial charge in [0.1, 0.15) is 0 Å². The van der Waals surface area contributed by atoms with E-state index in [-0.39, 0.29) is 0 Å². The Morgan fingerprint density at radius 3 is 2.38 bits per heavy atom. The van der Waals surface area contributed by atoms with Gasteiger partial charge < -0.3 is 4.74 Å². The molecule has 0 aromatic heterocycles. The zero-order valence-electron chi connectivity index (χ0n) is 8.79. The smallest absolute Gasteiger partial charge is 0.0985 e. The van der Waals surface area contributed by atoms with Gasteiger partial charge in [0, 0.05) is 19.6 Å². The number of hydrogen-bond acceptors (Lipinski definition) is 2. The molecule has 0 amide bonds. The molecule has 2 nitrogen and oxygen atoms in total. The van der Waals surface area contributed by atoms with Crippen LogP contribution in [0, 0.1) is 0 Å². The molecule has 1 rings (SSSR count). The second-order valence-electron chi connectivity index (χ2n) is 4.09. The molecule has 0 N–H and O–H groups in total. The first-order chi connectivity index (χ1) is 6.08. The van der Waals surface area contributed by atoms with Crippen LogP contribution in [0.1, 0.15) is 27.2 Å². The van der Waals surface area contributed by atoms with E-state index in [1.54, 1.807) is 6.92 Å². The summed E-state index contributed by atoms with van der Waals surface area (Å²) in [5.74, 6) is 0. The monoisotopic (exact) mass is 189 g/mol. The van der Waals surface area contributed by atoms with Gasteiger partial charge in [-0.15, -0.1) is 0 Å². The van der Waals surface area contributed by atoms with Crippen molar-refractivity contribution in [3.63, 3.8) is 0 Å². The number of morpholine rings is 1. The summed E-state index contributed by atoms with van der Waals surface area (Å²) in [6, 6.07) is 0. The molecule has 1 heterocycles. The lowest BCUT2D eigenvalue weighted by Crippen LogP contribution is -2.45. The molecule has 13 heavy (non-hydrogen) atoms. The predicted octanol–water partition coefficient (Wildman–Crippen LogP) is 1.84. The topological polar surface area (TPSA) is 12.5 Å². The second-order valence-corrected chi connectivity index (χ2v) is 4.09. The van der Waals surface area contributed by atoms with E-state index < -0.39 is 6.17 Å².